The third kappa shape index (κ3) is 3.01. The van der Waals surface area contributed by atoms with Gasteiger partial charge in [0.05, 0.1) is 13.2 Å². The van der Waals surface area contributed by atoms with Gasteiger partial charge < -0.3 is 19.7 Å². The van der Waals surface area contributed by atoms with Crippen molar-refractivity contribution in [3.05, 3.63) is 24.5 Å². The predicted molar refractivity (Wildman–Crippen MR) is 98.3 cm³/mol. The quantitative estimate of drug-likeness (QED) is 0.734. The van der Waals surface area contributed by atoms with Crippen LogP contribution in [0.25, 0.3) is 21.9 Å². The summed E-state index contributed by atoms with van der Waals surface area (Å²) >= 11 is 0. The number of fused-ring (bicyclic) bond motifs is 3. The molecule has 1 aromatic carbocycles. The summed E-state index contributed by atoms with van der Waals surface area (Å²) in [6.45, 7) is 7.22. The second-order valence-corrected chi connectivity index (χ2v) is 6.24. The Morgan fingerprint density at radius 3 is 2.80 bits per heavy atom. The number of H-pyrrole nitrogens is 1. The SMILES string of the molecule is CCOc1ccc2[nH]c3c(N4CCN(CCO)CC4)ncnc3c2c1. The van der Waals surface area contributed by atoms with E-state index >= 15 is 0 Å². The summed E-state index contributed by atoms with van der Waals surface area (Å²) in [5.74, 6) is 1.80. The lowest BCUT2D eigenvalue weighted by Crippen LogP contribution is -2.47. The molecule has 0 spiro atoms. The Morgan fingerprint density at radius 2 is 2.04 bits per heavy atom. The highest BCUT2D eigenvalue weighted by Gasteiger charge is 2.21. The van der Waals surface area contributed by atoms with E-state index < -0.39 is 0 Å². The van der Waals surface area contributed by atoms with E-state index in [0.29, 0.717) is 6.61 Å². The van der Waals surface area contributed by atoms with Gasteiger partial charge in [0.1, 0.15) is 23.1 Å². The molecule has 132 valence electrons. The molecule has 4 rings (SSSR count). The van der Waals surface area contributed by atoms with Crippen molar-refractivity contribution in [2.45, 2.75) is 6.92 Å². The zero-order valence-corrected chi connectivity index (χ0v) is 14.4. The van der Waals surface area contributed by atoms with Crippen LogP contribution in [0.4, 0.5) is 5.82 Å². The number of aromatic amines is 1. The minimum atomic E-state index is 0.210. The van der Waals surface area contributed by atoms with Crippen molar-refractivity contribution in [3.63, 3.8) is 0 Å². The number of β-amino-alcohol motifs (C(OH)–C–C–N with tert-alkyl or cyclic N) is 1. The van der Waals surface area contributed by atoms with E-state index in [0.717, 1.165) is 66.2 Å². The van der Waals surface area contributed by atoms with E-state index in [1.165, 1.54) is 0 Å². The summed E-state index contributed by atoms with van der Waals surface area (Å²) in [7, 11) is 0. The Balaban J connectivity index is 1.69. The summed E-state index contributed by atoms with van der Waals surface area (Å²) < 4.78 is 5.62. The van der Waals surface area contributed by atoms with Crippen molar-refractivity contribution in [3.8, 4) is 5.75 Å². The molecule has 7 heteroatoms. The zero-order valence-electron chi connectivity index (χ0n) is 14.4. The van der Waals surface area contributed by atoms with Crippen molar-refractivity contribution in [2.75, 3.05) is 50.8 Å². The van der Waals surface area contributed by atoms with Crippen LogP contribution in [0, 0.1) is 0 Å². The Morgan fingerprint density at radius 1 is 1.20 bits per heavy atom. The molecule has 0 saturated carbocycles. The van der Waals surface area contributed by atoms with Gasteiger partial charge in [-0.25, -0.2) is 9.97 Å². The molecule has 3 heterocycles. The number of aliphatic hydroxyl groups excluding tert-OH is 1. The number of piperazine rings is 1. The first-order valence-electron chi connectivity index (χ1n) is 8.77. The molecule has 0 radical (unpaired) electrons. The Labute approximate surface area is 146 Å². The van der Waals surface area contributed by atoms with Gasteiger partial charge in [-0.3, -0.25) is 4.90 Å². The molecule has 0 atom stereocenters. The molecule has 1 saturated heterocycles. The summed E-state index contributed by atoms with van der Waals surface area (Å²) in [6, 6.07) is 6.04. The molecule has 0 amide bonds. The Kier molecular flexibility index (Phi) is 4.42. The lowest BCUT2D eigenvalue weighted by molar-refractivity contribution is 0.188. The number of hydrogen-bond donors (Lipinski definition) is 2. The van der Waals surface area contributed by atoms with Gasteiger partial charge >= 0.3 is 0 Å². The number of rotatable bonds is 5. The van der Waals surface area contributed by atoms with Crippen LogP contribution in [0.1, 0.15) is 6.92 Å². The van der Waals surface area contributed by atoms with E-state index in [9.17, 15) is 0 Å². The summed E-state index contributed by atoms with van der Waals surface area (Å²) in [6.07, 6.45) is 1.64. The molecule has 0 aliphatic carbocycles. The lowest BCUT2D eigenvalue weighted by Gasteiger charge is -2.35. The Hall–Kier alpha value is -2.38. The fourth-order valence-electron chi connectivity index (χ4n) is 3.48. The first-order chi connectivity index (χ1) is 12.3. The number of aromatic nitrogens is 3. The van der Waals surface area contributed by atoms with E-state index in [1.807, 2.05) is 25.1 Å². The zero-order chi connectivity index (χ0) is 17.2. The molecule has 1 fully saturated rings. The van der Waals surface area contributed by atoms with Crippen LogP contribution in [-0.2, 0) is 0 Å². The molecule has 0 bridgehead atoms. The highest BCUT2D eigenvalue weighted by Crippen LogP contribution is 2.31. The average molecular weight is 341 g/mol. The smallest absolute Gasteiger partial charge is 0.156 e. The number of hydrogen-bond acceptors (Lipinski definition) is 6. The van der Waals surface area contributed by atoms with E-state index in [4.69, 9.17) is 9.84 Å². The maximum Gasteiger partial charge on any atom is 0.156 e. The number of aliphatic hydroxyl groups is 1. The fraction of sp³-hybridized carbons (Fsp3) is 0.444. The molecule has 2 N–H and O–H groups in total. The van der Waals surface area contributed by atoms with Gasteiger partial charge in [0.2, 0.25) is 0 Å². The van der Waals surface area contributed by atoms with Crippen molar-refractivity contribution in [2.24, 2.45) is 0 Å². The molecule has 1 aliphatic heterocycles. The number of anilines is 1. The lowest BCUT2D eigenvalue weighted by atomic mass is 10.2. The van der Waals surface area contributed by atoms with Crippen LogP contribution in [0.15, 0.2) is 24.5 Å². The van der Waals surface area contributed by atoms with Gasteiger partial charge in [-0.1, -0.05) is 0 Å². The summed E-state index contributed by atoms with van der Waals surface area (Å²) in [5.41, 5.74) is 2.94. The first kappa shape index (κ1) is 16.1. The highest BCUT2D eigenvalue weighted by molar-refractivity contribution is 6.08. The van der Waals surface area contributed by atoms with Gasteiger partial charge in [0.25, 0.3) is 0 Å². The molecule has 1 aliphatic rings. The van der Waals surface area contributed by atoms with Gasteiger partial charge in [-0.15, -0.1) is 0 Å². The Bertz CT molecular complexity index is 870. The second-order valence-electron chi connectivity index (χ2n) is 6.24. The number of benzene rings is 1. The van der Waals surface area contributed by atoms with Gasteiger partial charge in [0, 0.05) is 43.6 Å². The number of nitrogens with zero attached hydrogens (tertiary/aromatic N) is 4. The van der Waals surface area contributed by atoms with E-state index in [2.05, 4.69) is 24.8 Å². The van der Waals surface area contributed by atoms with Crippen molar-refractivity contribution < 1.29 is 9.84 Å². The summed E-state index contributed by atoms with van der Waals surface area (Å²) in [4.78, 5) is 17.1. The average Bonchev–Trinajstić information content (AvgIpc) is 3.01. The van der Waals surface area contributed by atoms with Crippen LogP contribution in [0.5, 0.6) is 5.75 Å². The van der Waals surface area contributed by atoms with Gasteiger partial charge in [-0.2, -0.15) is 0 Å². The van der Waals surface area contributed by atoms with Crippen LogP contribution in [0.2, 0.25) is 0 Å². The van der Waals surface area contributed by atoms with Crippen LogP contribution < -0.4 is 9.64 Å². The molecule has 25 heavy (non-hydrogen) atoms. The maximum absolute atomic E-state index is 9.09. The molecule has 0 unspecified atom stereocenters. The van der Waals surface area contributed by atoms with Crippen LogP contribution in [-0.4, -0.2) is 70.9 Å². The minimum Gasteiger partial charge on any atom is -0.494 e. The van der Waals surface area contributed by atoms with E-state index in [-0.39, 0.29) is 6.61 Å². The molecule has 3 aromatic rings. The highest BCUT2D eigenvalue weighted by atomic mass is 16.5. The largest absolute Gasteiger partial charge is 0.494 e. The third-order valence-electron chi connectivity index (χ3n) is 4.73. The van der Waals surface area contributed by atoms with Gasteiger partial charge in [0.15, 0.2) is 5.82 Å². The molecule has 7 nitrogen and oxygen atoms in total. The van der Waals surface area contributed by atoms with Crippen molar-refractivity contribution >= 4 is 27.8 Å². The third-order valence-corrected chi connectivity index (χ3v) is 4.73. The van der Waals surface area contributed by atoms with Crippen LogP contribution >= 0.6 is 0 Å². The minimum absolute atomic E-state index is 0.210. The normalized spacial score (nSPS) is 16.0. The van der Waals surface area contributed by atoms with Crippen LogP contribution in [0.3, 0.4) is 0 Å². The fourth-order valence-corrected chi connectivity index (χ4v) is 3.48. The topological polar surface area (TPSA) is 77.5 Å². The molecular weight excluding hydrogens is 318 g/mol. The van der Waals surface area contributed by atoms with Crippen molar-refractivity contribution in [1.29, 1.82) is 0 Å². The van der Waals surface area contributed by atoms with Gasteiger partial charge in [-0.05, 0) is 25.1 Å². The second kappa shape index (κ2) is 6.85. The molecular formula is C18H23N5O2. The first-order valence-corrected chi connectivity index (χ1v) is 8.77. The van der Waals surface area contributed by atoms with E-state index in [1.54, 1.807) is 6.33 Å². The number of ether oxygens (including phenoxy) is 1. The maximum atomic E-state index is 9.09. The molecule has 2 aromatic heterocycles. The standard InChI is InChI=1S/C18H23N5O2/c1-2-25-13-3-4-15-14(11-13)16-17(21-15)18(20-12-19-16)23-7-5-22(6-8-23)9-10-24/h3-4,11-12,21,24H,2,5-10H2,1H3. The number of nitrogens with one attached hydrogen (secondary N) is 1. The monoisotopic (exact) mass is 341 g/mol. The van der Waals surface area contributed by atoms with Crippen molar-refractivity contribution in [1.82, 2.24) is 19.9 Å². The predicted octanol–water partition coefficient (Wildman–Crippen LogP) is 1.62. The summed E-state index contributed by atoms with van der Waals surface area (Å²) in [5, 5.41) is 10.2.